The summed E-state index contributed by atoms with van der Waals surface area (Å²) >= 11 is 0. The fourth-order valence-corrected chi connectivity index (χ4v) is 4.76. The third-order valence-corrected chi connectivity index (χ3v) is 6.70. The topological polar surface area (TPSA) is 116 Å². The Morgan fingerprint density at radius 1 is 1.21 bits per heavy atom. The van der Waals surface area contributed by atoms with Gasteiger partial charge < -0.3 is 21.5 Å². The van der Waals surface area contributed by atoms with Crippen molar-refractivity contribution in [3.63, 3.8) is 0 Å². The van der Waals surface area contributed by atoms with Crippen LogP contribution in [0, 0.1) is 5.92 Å². The molecule has 11 heteroatoms. The molecule has 2 aromatic rings. The number of benzene rings is 1. The average Bonchev–Trinajstić information content (AvgIpc) is 2.78. The molecule has 2 aliphatic rings. The molecule has 0 spiro atoms. The summed E-state index contributed by atoms with van der Waals surface area (Å²) in [5.41, 5.74) is 5.13. The van der Waals surface area contributed by atoms with Gasteiger partial charge in [-0.3, -0.25) is 9.69 Å². The number of halogens is 3. The summed E-state index contributed by atoms with van der Waals surface area (Å²) in [6, 6.07) is 3.76. The van der Waals surface area contributed by atoms with Crippen molar-refractivity contribution in [1.29, 1.82) is 0 Å². The van der Waals surface area contributed by atoms with Crippen molar-refractivity contribution in [2.75, 3.05) is 31.5 Å². The highest BCUT2D eigenvalue weighted by molar-refractivity contribution is 5.91. The molecule has 1 saturated heterocycles. The molecule has 0 radical (unpaired) electrons. The van der Waals surface area contributed by atoms with Gasteiger partial charge in [0.2, 0.25) is 5.91 Å². The summed E-state index contributed by atoms with van der Waals surface area (Å²) in [7, 11) is 0. The number of likely N-dealkylation sites (tertiary alicyclic amines) is 1. The molecule has 1 aliphatic carbocycles. The van der Waals surface area contributed by atoms with Crippen LogP contribution in [0.5, 0.6) is 0 Å². The van der Waals surface area contributed by atoms with E-state index in [4.69, 9.17) is 5.73 Å². The van der Waals surface area contributed by atoms with E-state index in [-0.39, 0.29) is 35.6 Å². The van der Waals surface area contributed by atoms with E-state index in [0.29, 0.717) is 18.1 Å². The molecule has 4 rings (SSSR count). The van der Waals surface area contributed by atoms with Crippen LogP contribution in [0.25, 0.3) is 10.9 Å². The summed E-state index contributed by atoms with van der Waals surface area (Å²) in [6.45, 7) is 1.74. The maximum Gasteiger partial charge on any atom is 0.416 e. The van der Waals surface area contributed by atoms with Crippen molar-refractivity contribution in [3.8, 4) is 0 Å². The molecule has 2 heterocycles. The lowest BCUT2D eigenvalue weighted by atomic mass is 9.81. The first-order valence-electron chi connectivity index (χ1n) is 11.2. The van der Waals surface area contributed by atoms with Crippen LogP contribution in [0.4, 0.5) is 19.0 Å². The highest BCUT2D eigenvalue weighted by Crippen LogP contribution is 2.33. The van der Waals surface area contributed by atoms with Crippen molar-refractivity contribution in [1.82, 2.24) is 20.2 Å². The highest BCUT2D eigenvalue weighted by Gasteiger charge is 2.36. The lowest BCUT2D eigenvalue weighted by molar-refractivity contribution is -0.137. The number of nitrogens with one attached hydrogen (secondary N) is 2. The first kappa shape index (κ1) is 23.7. The number of alkyl halides is 3. The minimum atomic E-state index is -4.47. The second-order valence-corrected chi connectivity index (χ2v) is 8.90. The molecule has 1 amide bonds. The lowest BCUT2D eigenvalue weighted by Gasteiger charge is -2.47. The minimum Gasteiger partial charge on any atom is -0.392 e. The van der Waals surface area contributed by atoms with Crippen molar-refractivity contribution < 1.29 is 23.1 Å². The quantitative estimate of drug-likeness (QED) is 0.491. The Balaban J connectivity index is 1.24. The number of anilines is 1. The number of amides is 1. The van der Waals surface area contributed by atoms with Crippen molar-refractivity contribution >= 4 is 22.6 Å². The Morgan fingerprint density at radius 3 is 2.61 bits per heavy atom. The average molecular weight is 467 g/mol. The number of fused-ring (bicyclic) bond motifs is 1. The largest absolute Gasteiger partial charge is 0.416 e. The number of rotatable bonds is 7. The summed E-state index contributed by atoms with van der Waals surface area (Å²) < 4.78 is 39.1. The van der Waals surface area contributed by atoms with Crippen molar-refractivity contribution in [3.05, 3.63) is 30.1 Å². The number of aliphatic hydroxyl groups excluding tert-OH is 1. The second-order valence-electron chi connectivity index (χ2n) is 8.90. The smallest absolute Gasteiger partial charge is 0.392 e. The molecule has 1 aromatic carbocycles. The van der Waals surface area contributed by atoms with Gasteiger partial charge in [-0.05, 0) is 49.8 Å². The first-order chi connectivity index (χ1) is 15.7. The molecule has 1 saturated carbocycles. The van der Waals surface area contributed by atoms with Gasteiger partial charge in [-0.25, -0.2) is 9.97 Å². The van der Waals surface area contributed by atoms with Crippen LogP contribution in [0.3, 0.4) is 0 Å². The Kier molecular flexibility index (Phi) is 7.01. The Hall–Kier alpha value is -2.50. The number of nitrogens with two attached hydrogens (primary N) is 1. The van der Waals surface area contributed by atoms with E-state index in [2.05, 4.69) is 25.5 Å². The predicted octanol–water partition coefficient (Wildman–Crippen LogP) is 1.74. The van der Waals surface area contributed by atoms with Crippen LogP contribution in [-0.4, -0.2) is 70.2 Å². The number of hydrogen-bond acceptors (Lipinski definition) is 7. The van der Waals surface area contributed by atoms with Crippen LogP contribution >= 0.6 is 0 Å². The summed E-state index contributed by atoms with van der Waals surface area (Å²) in [5.74, 6) is 0.222. The summed E-state index contributed by atoms with van der Waals surface area (Å²) in [5, 5.41) is 15.9. The number of nitrogens with zero attached hydrogens (tertiary/aromatic N) is 3. The highest BCUT2D eigenvalue weighted by atomic mass is 19.4. The Labute approximate surface area is 189 Å². The molecule has 1 aromatic heterocycles. The van der Waals surface area contributed by atoms with E-state index in [1.165, 1.54) is 12.4 Å². The van der Waals surface area contributed by atoms with Crippen LogP contribution in [0.15, 0.2) is 24.5 Å². The Bertz CT molecular complexity index is 974. The monoisotopic (exact) mass is 466 g/mol. The third kappa shape index (κ3) is 5.53. The van der Waals surface area contributed by atoms with Gasteiger partial charge in [-0.2, -0.15) is 13.2 Å². The van der Waals surface area contributed by atoms with Gasteiger partial charge in [-0.1, -0.05) is 0 Å². The van der Waals surface area contributed by atoms with Gasteiger partial charge in [0, 0.05) is 31.1 Å². The molecule has 2 fully saturated rings. The van der Waals surface area contributed by atoms with Crippen LogP contribution < -0.4 is 16.4 Å². The molecule has 33 heavy (non-hydrogen) atoms. The molecule has 8 nitrogen and oxygen atoms in total. The summed E-state index contributed by atoms with van der Waals surface area (Å²) in [4.78, 5) is 22.7. The molecular weight excluding hydrogens is 437 g/mol. The van der Waals surface area contributed by atoms with Gasteiger partial charge in [0.05, 0.1) is 29.8 Å². The number of hydrogen-bond donors (Lipinski definition) is 4. The molecule has 0 bridgehead atoms. The number of carbonyl (C=O) groups excluding carboxylic acids is 1. The number of aliphatic hydroxyl groups is 1. The van der Waals surface area contributed by atoms with E-state index < -0.39 is 17.8 Å². The zero-order valence-electron chi connectivity index (χ0n) is 18.2. The predicted molar refractivity (Wildman–Crippen MR) is 117 cm³/mol. The maximum atomic E-state index is 13.0. The van der Waals surface area contributed by atoms with E-state index in [0.717, 1.165) is 50.9 Å². The second kappa shape index (κ2) is 9.78. The van der Waals surface area contributed by atoms with E-state index in [1.807, 2.05) is 0 Å². The zero-order valence-corrected chi connectivity index (χ0v) is 18.2. The summed E-state index contributed by atoms with van der Waals surface area (Å²) in [6.07, 6.45) is 0.315. The van der Waals surface area contributed by atoms with Crippen LogP contribution in [-0.2, 0) is 11.0 Å². The molecular formula is C22H29F3N6O2. The number of carbonyl (C=O) groups is 1. The first-order valence-corrected chi connectivity index (χ1v) is 11.2. The van der Waals surface area contributed by atoms with E-state index in [9.17, 15) is 23.1 Å². The van der Waals surface area contributed by atoms with Crippen LogP contribution in [0.2, 0.25) is 0 Å². The normalized spacial score (nSPS) is 23.2. The SMILES string of the molecule is NCC(O)C1CCC(N2CC(NC(=O)CNc3ncnc4ccc(C(F)(F)F)cc34)C2)CC1. The molecule has 1 aliphatic heterocycles. The fraction of sp³-hybridized carbons (Fsp3) is 0.591. The zero-order chi connectivity index (χ0) is 23.6. The van der Waals surface area contributed by atoms with Crippen molar-refractivity contribution in [2.24, 2.45) is 11.7 Å². The van der Waals surface area contributed by atoms with Gasteiger partial charge in [0.15, 0.2) is 0 Å². The lowest BCUT2D eigenvalue weighted by Crippen LogP contribution is -2.63. The fourth-order valence-electron chi connectivity index (χ4n) is 4.76. The Morgan fingerprint density at radius 2 is 1.94 bits per heavy atom. The van der Waals surface area contributed by atoms with Gasteiger partial charge in [0.1, 0.15) is 12.1 Å². The molecule has 5 N–H and O–H groups in total. The third-order valence-electron chi connectivity index (χ3n) is 6.70. The molecule has 1 atom stereocenters. The standard InChI is InChI=1S/C22H29F3N6O2/c23-22(24,25)14-3-6-18-17(7-14)21(29-12-28-18)27-9-20(33)30-15-10-31(11-15)16-4-1-13(2-5-16)19(32)8-26/h3,6-7,12-13,15-16,19,32H,1-2,4-5,8-11,26H2,(H,30,33)(H,27,28,29). The number of aromatic nitrogens is 2. The van der Waals surface area contributed by atoms with Gasteiger partial charge >= 0.3 is 6.18 Å². The van der Waals surface area contributed by atoms with Crippen molar-refractivity contribution in [2.45, 2.75) is 50.0 Å². The molecule has 180 valence electrons. The van der Waals surface area contributed by atoms with Gasteiger partial charge in [0.25, 0.3) is 0 Å². The minimum absolute atomic E-state index is 0.0469. The van der Waals surface area contributed by atoms with Gasteiger partial charge in [-0.15, -0.1) is 0 Å². The maximum absolute atomic E-state index is 13.0. The van der Waals surface area contributed by atoms with Crippen LogP contribution in [0.1, 0.15) is 31.2 Å². The van der Waals surface area contributed by atoms with E-state index >= 15 is 0 Å². The van der Waals surface area contributed by atoms with E-state index in [1.54, 1.807) is 0 Å². The molecule has 1 unspecified atom stereocenters.